The summed E-state index contributed by atoms with van der Waals surface area (Å²) >= 11 is 0. The van der Waals surface area contributed by atoms with Gasteiger partial charge < -0.3 is 5.73 Å². The Morgan fingerprint density at radius 2 is 1.87 bits per heavy atom. The highest BCUT2D eigenvalue weighted by atomic mass is 15.6. The minimum Gasteiger partial charge on any atom is -0.326 e. The number of benzene rings is 2. The zero-order valence-corrected chi connectivity index (χ0v) is 17.0. The Hall–Kier alpha value is -3.08. The van der Waals surface area contributed by atoms with Gasteiger partial charge in [0.1, 0.15) is 0 Å². The van der Waals surface area contributed by atoms with Crippen LogP contribution in [-0.4, -0.2) is 20.2 Å². The van der Waals surface area contributed by atoms with E-state index in [0.717, 1.165) is 35.4 Å². The summed E-state index contributed by atoms with van der Waals surface area (Å²) in [5.41, 5.74) is 9.74. The van der Waals surface area contributed by atoms with E-state index in [9.17, 15) is 0 Å². The lowest BCUT2D eigenvalue weighted by molar-refractivity contribution is 0.310. The van der Waals surface area contributed by atoms with Crippen LogP contribution in [0.25, 0.3) is 0 Å². The maximum absolute atomic E-state index is 9.15. The molecule has 1 aliphatic carbocycles. The van der Waals surface area contributed by atoms with Crippen LogP contribution in [0.15, 0.2) is 48.5 Å². The van der Waals surface area contributed by atoms with Crippen molar-refractivity contribution in [3.63, 3.8) is 0 Å². The zero-order chi connectivity index (χ0) is 20.8. The van der Waals surface area contributed by atoms with Crippen LogP contribution in [0.1, 0.15) is 72.3 Å². The van der Waals surface area contributed by atoms with E-state index in [1.165, 1.54) is 19.3 Å². The summed E-state index contributed by atoms with van der Waals surface area (Å²) < 4.78 is 2.01. The lowest BCUT2D eigenvalue weighted by atomic mass is 9.95. The number of hydrogen-bond donors (Lipinski definition) is 2. The van der Waals surface area contributed by atoms with Crippen molar-refractivity contribution in [2.45, 2.75) is 57.3 Å². The van der Waals surface area contributed by atoms with Gasteiger partial charge in [0.05, 0.1) is 23.7 Å². The van der Waals surface area contributed by atoms with E-state index in [0.29, 0.717) is 24.7 Å². The minimum atomic E-state index is -0.170. The molecule has 1 heterocycles. The van der Waals surface area contributed by atoms with Gasteiger partial charge in [0.15, 0.2) is 5.82 Å². The molecule has 30 heavy (non-hydrogen) atoms. The van der Waals surface area contributed by atoms with E-state index in [1.807, 2.05) is 41.1 Å². The first kappa shape index (κ1) is 20.2. The average Bonchev–Trinajstić information content (AvgIpc) is 3.30. The van der Waals surface area contributed by atoms with Crippen molar-refractivity contribution >= 4 is 0 Å². The third-order valence-electron chi connectivity index (χ3n) is 5.81. The molecule has 2 aromatic carbocycles. The smallest absolute Gasteiger partial charge is 0.173 e. The van der Waals surface area contributed by atoms with Crippen LogP contribution in [-0.2, 0) is 13.1 Å². The number of hydrogen-bond acceptors (Lipinski definition) is 6. The Morgan fingerprint density at radius 1 is 1.10 bits per heavy atom. The van der Waals surface area contributed by atoms with E-state index in [4.69, 9.17) is 11.0 Å². The Labute approximate surface area is 176 Å². The second kappa shape index (κ2) is 9.61. The van der Waals surface area contributed by atoms with Crippen LogP contribution >= 0.6 is 0 Å². The predicted molar refractivity (Wildman–Crippen MR) is 114 cm³/mol. The van der Waals surface area contributed by atoms with Crippen LogP contribution in [0, 0.1) is 11.3 Å². The van der Waals surface area contributed by atoms with Crippen LogP contribution < -0.4 is 11.1 Å². The fraction of sp³-hybridized carbons (Fsp3) is 0.391. The Morgan fingerprint density at radius 3 is 2.60 bits per heavy atom. The van der Waals surface area contributed by atoms with E-state index in [-0.39, 0.29) is 6.04 Å². The maximum Gasteiger partial charge on any atom is 0.173 e. The summed E-state index contributed by atoms with van der Waals surface area (Å²) in [6.07, 6.45) is 5.92. The molecule has 1 aromatic heterocycles. The summed E-state index contributed by atoms with van der Waals surface area (Å²) in [6.45, 7) is 1.18. The summed E-state index contributed by atoms with van der Waals surface area (Å²) in [6, 6.07) is 18.3. The van der Waals surface area contributed by atoms with Gasteiger partial charge >= 0.3 is 0 Å². The first-order valence-electron chi connectivity index (χ1n) is 10.6. The second-order valence-electron chi connectivity index (χ2n) is 7.85. The predicted octanol–water partition coefficient (Wildman–Crippen LogP) is 3.39. The molecule has 0 spiro atoms. The minimum absolute atomic E-state index is 0.170. The van der Waals surface area contributed by atoms with Crippen LogP contribution in [0.2, 0.25) is 0 Å². The molecule has 1 atom stereocenters. The second-order valence-corrected chi connectivity index (χ2v) is 7.85. The molecule has 154 valence electrons. The number of rotatable bonds is 7. The molecule has 3 aromatic rings. The third-order valence-corrected chi connectivity index (χ3v) is 5.81. The molecule has 1 fully saturated rings. The molecule has 0 radical (unpaired) electrons. The highest BCUT2D eigenvalue weighted by Crippen LogP contribution is 2.31. The fourth-order valence-corrected chi connectivity index (χ4v) is 4.17. The van der Waals surface area contributed by atoms with Crippen LogP contribution in [0.4, 0.5) is 0 Å². The van der Waals surface area contributed by atoms with Crippen molar-refractivity contribution in [2.75, 3.05) is 0 Å². The molecule has 4 rings (SSSR count). The standard InChI is InChI=1S/C23H27N7/c24-14-17-9-11-20(12-10-17)22(26-16-19-6-4-5-18(13-19)15-25)23-27-28-29-30(23)21-7-2-1-3-8-21/h4-6,9-13,21-22,26H,1-3,7-8,15-16,25H2. The lowest BCUT2D eigenvalue weighted by Crippen LogP contribution is -2.28. The van der Waals surface area contributed by atoms with E-state index in [1.54, 1.807) is 0 Å². The van der Waals surface area contributed by atoms with Gasteiger partial charge in [-0.25, -0.2) is 4.68 Å². The summed E-state index contributed by atoms with van der Waals surface area (Å²) in [7, 11) is 0. The van der Waals surface area contributed by atoms with Crippen LogP contribution in [0.5, 0.6) is 0 Å². The number of nitriles is 1. The van der Waals surface area contributed by atoms with Gasteiger partial charge in [-0.3, -0.25) is 5.32 Å². The highest BCUT2D eigenvalue weighted by Gasteiger charge is 2.26. The Bertz CT molecular complexity index is 997. The molecule has 1 saturated carbocycles. The van der Waals surface area contributed by atoms with Crippen molar-refractivity contribution < 1.29 is 0 Å². The molecular weight excluding hydrogens is 374 g/mol. The van der Waals surface area contributed by atoms with Crippen molar-refractivity contribution in [1.82, 2.24) is 25.5 Å². The first-order valence-corrected chi connectivity index (χ1v) is 10.6. The monoisotopic (exact) mass is 401 g/mol. The maximum atomic E-state index is 9.15. The largest absolute Gasteiger partial charge is 0.326 e. The summed E-state index contributed by atoms with van der Waals surface area (Å²) in [5.74, 6) is 0.821. The number of aromatic nitrogens is 4. The highest BCUT2D eigenvalue weighted by molar-refractivity contribution is 5.35. The van der Waals surface area contributed by atoms with Crippen molar-refractivity contribution in [1.29, 1.82) is 5.26 Å². The van der Waals surface area contributed by atoms with Gasteiger partial charge in [-0.1, -0.05) is 55.7 Å². The third kappa shape index (κ3) is 4.56. The van der Waals surface area contributed by atoms with Gasteiger partial charge in [-0.05, 0) is 52.1 Å². The number of tetrazole rings is 1. The summed E-state index contributed by atoms with van der Waals surface area (Å²) in [4.78, 5) is 0. The number of nitrogens with two attached hydrogens (primary N) is 1. The molecule has 7 nitrogen and oxygen atoms in total. The molecule has 1 aliphatic rings. The molecule has 0 bridgehead atoms. The van der Waals surface area contributed by atoms with Gasteiger partial charge in [0.25, 0.3) is 0 Å². The van der Waals surface area contributed by atoms with Gasteiger partial charge in [-0.2, -0.15) is 5.26 Å². The topological polar surface area (TPSA) is 105 Å². The molecule has 0 saturated heterocycles. The summed E-state index contributed by atoms with van der Waals surface area (Å²) in [5, 5.41) is 25.6. The van der Waals surface area contributed by atoms with Gasteiger partial charge in [0, 0.05) is 13.1 Å². The molecular formula is C23H27N7. The Kier molecular flexibility index (Phi) is 6.47. The van der Waals surface area contributed by atoms with E-state index in [2.05, 4.69) is 39.0 Å². The Balaban J connectivity index is 1.63. The number of nitrogens with zero attached hydrogens (tertiary/aromatic N) is 5. The molecule has 0 amide bonds. The lowest BCUT2D eigenvalue weighted by Gasteiger charge is -2.25. The van der Waals surface area contributed by atoms with Gasteiger partial charge in [0.2, 0.25) is 0 Å². The zero-order valence-electron chi connectivity index (χ0n) is 17.0. The number of nitrogens with one attached hydrogen (secondary N) is 1. The van der Waals surface area contributed by atoms with Crippen molar-refractivity contribution in [3.05, 3.63) is 76.6 Å². The van der Waals surface area contributed by atoms with E-state index >= 15 is 0 Å². The molecule has 7 heteroatoms. The quantitative estimate of drug-likeness (QED) is 0.629. The normalized spacial score (nSPS) is 15.6. The van der Waals surface area contributed by atoms with E-state index < -0.39 is 0 Å². The first-order chi connectivity index (χ1) is 14.8. The molecule has 0 aliphatic heterocycles. The molecule has 1 unspecified atom stereocenters. The molecule has 3 N–H and O–H groups in total. The van der Waals surface area contributed by atoms with Gasteiger partial charge in [-0.15, -0.1) is 5.10 Å². The van der Waals surface area contributed by atoms with Crippen molar-refractivity contribution in [2.24, 2.45) is 5.73 Å². The average molecular weight is 402 g/mol. The van der Waals surface area contributed by atoms with Crippen LogP contribution in [0.3, 0.4) is 0 Å². The SMILES string of the molecule is N#Cc1ccc(C(NCc2cccc(CN)c2)c2nnnn2C2CCCCC2)cc1. The fourth-order valence-electron chi connectivity index (χ4n) is 4.17. The van der Waals surface area contributed by atoms with Crippen molar-refractivity contribution in [3.8, 4) is 6.07 Å².